The molecule has 1 aliphatic heterocycles. The molecule has 0 aromatic carbocycles. The fourth-order valence-electron chi connectivity index (χ4n) is 2.94. The second-order valence-electron chi connectivity index (χ2n) is 6.49. The van der Waals surface area contributed by atoms with Gasteiger partial charge in [0, 0.05) is 26.1 Å². The summed E-state index contributed by atoms with van der Waals surface area (Å²) in [5.74, 6) is -0.285. The molecule has 0 radical (unpaired) electrons. The van der Waals surface area contributed by atoms with Crippen LogP contribution in [0.2, 0.25) is 0 Å². The normalized spacial score (nSPS) is 14.5. The molecule has 156 valence electrons. The molecule has 1 aromatic rings. The van der Waals surface area contributed by atoms with E-state index in [0.717, 1.165) is 39.3 Å². The number of hydrogen-bond donors (Lipinski definition) is 3. The Labute approximate surface area is 168 Å². The minimum absolute atomic E-state index is 0.0130. The molecule has 1 aromatic heterocycles. The maximum atomic E-state index is 11.9. The molecule has 2 rings (SSSR count). The van der Waals surface area contributed by atoms with Gasteiger partial charge in [0.05, 0.1) is 24.7 Å². The fourth-order valence-corrected chi connectivity index (χ4v) is 3.09. The lowest BCUT2D eigenvalue weighted by molar-refractivity contribution is -0.386. The third-order valence-corrected chi connectivity index (χ3v) is 4.68. The number of aromatic nitrogens is 2. The molecule has 1 saturated heterocycles. The Kier molecular flexibility index (Phi) is 8.54. The minimum Gasteiger partial charge on any atom is -0.379 e. The van der Waals surface area contributed by atoms with Crippen LogP contribution in [0.15, 0.2) is 0 Å². The number of hydrazine groups is 1. The maximum absolute atomic E-state index is 11.9. The standard InChI is InChI=1S/C16H27N7O4S/c1-12-15(23(25)26)13(2)22(20-12)7-4-14(24)18-19-16(28)17-5-3-6-21-8-10-27-11-9-21/h3-11H2,1-2H3,(H,18,24)(H2,17,19,28). The predicted octanol–water partition coefficient (Wildman–Crippen LogP) is 0.0158. The predicted molar refractivity (Wildman–Crippen MR) is 107 cm³/mol. The Bertz CT molecular complexity index is 703. The van der Waals surface area contributed by atoms with Gasteiger partial charge < -0.3 is 10.1 Å². The van der Waals surface area contributed by atoms with Crippen LogP contribution in [0.25, 0.3) is 0 Å². The van der Waals surface area contributed by atoms with E-state index in [1.54, 1.807) is 13.8 Å². The molecule has 0 unspecified atom stereocenters. The number of nitrogens with zero attached hydrogens (tertiary/aromatic N) is 4. The molecule has 0 saturated carbocycles. The van der Waals surface area contributed by atoms with Crippen molar-refractivity contribution < 1.29 is 14.5 Å². The van der Waals surface area contributed by atoms with E-state index in [-0.39, 0.29) is 24.6 Å². The van der Waals surface area contributed by atoms with E-state index in [1.807, 2.05) is 0 Å². The van der Waals surface area contributed by atoms with Crippen LogP contribution in [0.3, 0.4) is 0 Å². The molecular formula is C16H27N7O4S. The number of morpholine rings is 1. The van der Waals surface area contributed by atoms with Gasteiger partial charge in [-0.3, -0.25) is 35.3 Å². The first-order valence-electron chi connectivity index (χ1n) is 9.19. The Morgan fingerprint density at radius 3 is 2.64 bits per heavy atom. The van der Waals surface area contributed by atoms with Gasteiger partial charge in [0.25, 0.3) is 0 Å². The highest BCUT2D eigenvalue weighted by molar-refractivity contribution is 7.80. The second kappa shape index (κ2) is 10.9. The number of carbonyl (C=O) groups excluding carboxylic acids is 1. The maximum Gasteiger partial charge on any atom is 0.312 e. The number of ether oxygens (including phenoxy) is 1. The summed E-state index contributed by atoms with van der Waals surface area (Å²) in [6.07, 6.45) is 1.05. The summed E-state index contributed by atoms with van der Waals surface area (Å²) in [5.41, 5.74) is 5.92. The lowest BCUT2D eigenvalue weighted by Crippen LogP contribution is -2.47. The number of aryl methyl sites for hydroxylation is 2. The fraction of sp³-hybridized carbons (Fsp3) is 0.688. The summed E-state index contributed by atoms with van der Waals surface area (Å²) in [4.78, 5) is 24.8. The highest BCUT2D eigenvalue weighted by Crippen LogP contribution is 2.21. The molecule has 0 atom stereocenters. The zero-order valence-corrected chi connectivity index (χ0v) is 17.0. The third-order valence-electron chi connectivity index (χ3n) is 4.43. The number of rotatable bonds is 8. The Hall–Kier alpha value is -2.31. The van der Waals surface area contributed by atoms with Gasteiger partial charge in [-0.05, 0) is 39.0 Å². The van der Waals surface area contributed by atoms with Crippen molar-refractivity contribution in [3.63, 3.8) is 0 Å². The number of carbonyl (C=O) groups is 1. The molecule has 1 amide bonds. The van der Waals surface area contributed by atoms with Crippen LogP contribution < -0.4 is 16.2 Å². The van der Waals surface area contributed by atoms with E-state index in [1.165, 1.54) is 4.68 Å². The summed E-state index contributed by atoms with van der Waals surface area (Å²) in [6, 6.07) is 0. The molecular weight excluding hydrogens is 386 g/mol. The van der Waals surface area contributed by atoms with E-state index in [9.17, 15) is 14.9 Å². The Morgan fingerprint density at radius 2 is 2.00 bits per heavy atom. The van der Waals surface area contributed by atoms with Crippen LogP contribution in [0.5, 0.6) is 0 Å². The van der Waals surface area contributed by atoms with Gasteiger partial charge in [-0.25, -0.2) is 0 Å². The lowest BCUT2D eigenvalue weighted by Gasteiger charge is -2.26. The van der Waals surface area contributed by atoms with Gasteiger partial charge in [-0.15, -0.1) is 0 Å². The van der Waals surface area contributed by atoms with E-state index < -0.39 is 4.92 Å². The zero-order chi connectivity index (χ0) is 20.5. The molecule has 1 fully saturated rings. The van der Waals surface area contributed by atoms with Crippen LogP contribution in [0.1, 0.15) is 24.2 Å². The van der Waals surface area contributed by atoms with Crippen LogP contribution in [0, 0.1) is 24.0 Å². The quantitative estimate of drug-likeness (QED) is 0.234. The van der Waals surface area contributed by atoms with E-state index in [2.05, 4.69) is 26.2 Å². The van der Waals surface area contributed by atoms with Gasteiger partial charge >= 0.3 is 5.69 Å². The molecule has 2 heterocycles. The molecule has 0 spiro atoms. The van der Waals surface area contributed by atoms with Crippen LogP contribution in [0.4, 0.5) is 5.69 Å². The monoisotopic (exact) mass is 413 g/mol. The largest absolute Gasteiger partial charge is 0.379 e. The zero-order valence-electron chi connectivity index (χ0n) is 16.2. The van der Waals surface area contributed by atoms with Crippen molar-refractivity contribution in [3.05, 3.63) is 21.5 Å². The van der Waals surface area contributed by atoms with Crippen molar-refractivity contribution in [3.8, 4) is 0 Å². The summed E-state index contributed by atoms with van der Waals surface area (Å²) in [6.45, 7) is 8.59. The molecule has 1 aliphatic rings. The van der Waals surface area contributed by atoms with Gasteiger partial charge in [0.2, 0.25) is 5.91 Å². The van der Waals surface area contributed by atoms with E-state index in [0.29, 0.717) is 23.0 Å². The number of thiocarbonyl (C=S) groups is 1. The number of nitro groups is 1. The van der Waals surface area contributed by atoms with Crippen molar-refractivity contribution in [1.29, 1.82) is 0 Å². The number of amides is 1. The summed E-state index contributed by atoms with van der Waals surface area (Å²) in [5, 5.41) is 18.5. The Balaban J connectivity index is 1.61. The summed E-state index contributed by atoms with van der Waals surface area (Å²) >= 11 is 5.13. The number of nitrogens with one attached hydrogen (secondary N) is 3. The van der Waals surface area contributed by atoms with Crippen molar-refractivity contribution in [2.24, 2.45) is 0 Å². The highest BCUT2D eigenvalue weighted by atomic mass is 32.1. The first-order valence-corrected chi connectivity index (χ1v) is 9.60. The second-order valence-corrected chi connectivity index (χ2v) is 6.89. The van der Waals surface area contributed by atoms with Crippen LogP contribution in [-0.2, 0) is 16.1 Å². The van der Waals surface area contributed by atoms with Crippen LogP contribution >= 0.6 is 12.2 Å². The topological polar surface area (TPSA) is 127 Å². The average Bonchev–Trinajstić information content (AvgIpc) is 2.96. The van der Waals surface area contributed by atoms with Crippen molar-refractivity contribution >= 4 is 28.9 Å². The minimum atomic E-state index is -0.459. The average molecular weight is 414 g/mol. The molecule has 28 heavy (non-hydrogen) atoms. The van der Waals surface area contributed by atoms with Crippen molar-refractivity contribution in [2.75, 3.05) is 39.4 Å². The third kappa shape index (κ3) is 6.69. The summed E-state index contributed by atoms with van der Waals surface area (Å²) in [7, 11) is 0. The smallest absolute Gasteiger partial charge is 0.312 e. The van der Waals surface area contributed by atoms with Crippen molar-refractivity contribution in [2.45, 2.75) is 33.2 Å². The summed E-state index contributed by atoms with van der Waals surface area (Å²) < 4.78 is 6.77. The van der Waals surface area contributed by atoms with Gasteiger partial charge in [-0.1, -0.05) is 0 Å². The van der Waals surface area contributed by atoms with Crippen molar-refractivity contribution in [1.82, 2.24) is 30.8 Å². The Morgan fingerprint density at radius 1 is 1.29 bits per heavy atom. The highest BCUT2D eigenvalue weighted by Gasteiger charge is 2.21. The first-order chi connectivity index (χ1) is 13.4. The first kappa shape index (κ1) is 22.0. The van der Waals surface area contributed by atoms with Gasteiger partial charge in [-0.2, -0.15) is 5.10 Å². The van der Waals surface area contributed by atoms with E-state index >= 15 is 0 Å². The molecule has 12 heteroatoms. The molecule has 0 bridgehead atoms. The van der Waals surface area contributed by atoms with E-state index in [4.69, 9.17) is 17.0 Å². The lowest BCUT2D eigenvalue weighted by atomic mass is 10.3. The molecule has 11 nitrogen and oxygen atoms in total. The molecule has 3 N–H and O–H groups in total. The SMILES string of the molecule is Cc1nn(CCC(=O)NNC(=S)NCCCN2CCOCC2)c(C)c1[N+](=O)[O-]. The number of hydrogen-bond acceptors (Lipinski definition) is 7. The van der Waals surface area contributed by atoms with Crippen LogP contribution in [-0.4, -0.2) is 70.0 Å². The molecule has 0 aliphatic carbocycles. The van der Waals surface area contributed by atoms with Gasteiger partial charge in [0.1, 0.15) is 11.4 Å². The van der Waals surface area contributed by atoms with Gasteiger partial charge in [0.15, 0.2) is 5.11 Å².